The van der Waals surface area contributed by atoms with E-state index in [2.05, 4.69) is 4.98 Å². The van der Waals surface area contributed by atoms with E-state index in [1.807, 2.05) is 0 Å². The lowest BCUT2D eigenvalue weighted by Crippen LogP contribution is -2.39. The van der Waals surface area contributed by atoms with Crippen LogP contribution >= 0.6 is 11.6 Å². The van der Waals surface area contributed by atoms with Gasteiger partial charge in [0.15, 0.2) is 0 Å². The van der Waals surface area contributed by atoms with E-state index in [1.54, 1.807) is 6.07 Å². The van der Waals surface area contributed by atoms with Crippen LogP contribution < -0.4 is 4.74 Å². The fourth-order valence-electron chi connectivity index (χ4n) is 1.41. The van der Waals surface area contributed by atoms with Crippen molar-refractivity contribution >= 4 is 17.6 Å². The Bertz CT molecular complexity index is 407. The maximum Gasteiger partial charge on any atom is 0.348 e. The van der Waals surface area contributed by atoms with E-state index in [4.69, 9.17) is 21.4 Å². The second-order valence-corrected chi connectivity index (χ2v) is 3.80. The van der Waals surface area contributed by atoms with Gasteiger partial charge in [-0.15, -0.1) is 0 Å². The van der Waals surface area contributed by atoms with Gasteiger partial charge in [-0.25, -0.2) is 9.78 Å². The molecule has 0 fully saturated rings. The van der Waals surface area contributed by atoms with Gasteiger partial charge in [-0.1, -0.05) is 11.6 Å². The molecule has 1 aliphatic rings. The molecule has 2 rings (SSSR count). The second kappa shape index (κ2) is 2.85. The van der Waals surface area contributed by atoms with Gasteiger partial charge in [-0.05, 0) is 13.0 Å². The third kappa shape index (κ3) is 1.23. The molecule has 0 aliphatic carbocycles. The SMILES string of the molecule is CC1(C(=O)O)Cc2c(Cl)ccnc2O1. The topological polar surface area (TPSA) is 59.4 Å². The molecule has 0 radical (unpaired) electrons. The molecule has 1 aromatic rings. The van der Waals surface area contributed by atoms with Crippen molar-refractivity contribution < 1.29 is 14.6 Å². The molecule has 5 heteroatoms. The van der Waals surface area contributed by atoms with Crippen LogP contribution in [0.3, 0.4) is 0 Å². The molecule has 2 heterocycles. The fourth-order valence-corrected chi connectivity index (χ4v) is 1.61. The molecule has 0 saturated heterocycles. The van der Waals surface area contributed by atoms with Gasteiger partial charge in [0.25, 0.3) is 0 Å². The lowest BCUT2D eigenvalue weighted by molar-refractivity contribution is -0.152. The van der Waals surface area contributed by atoms with Crippen LogP contribution in [0.4, 0.5) is 0 Å². The van der Waals surface area contributed by atoms with Crippen LogP contribution in [0.5, 0.6) is 5.88 Å². The molecule has 1 unspecified atom stereocenters. The molecule has 0 saturated carbocycles. The highest BCUT2D eigenvalue weighted by Crippen LogP contribution is 2.37. The second-order valence-electron chi connectivity index (χ2n) is 3.39. The highest BCUT2D eigenvalue weighted by Gasteiger charge is 2.43. The Balaban J connectivity index is 2.44. The van der Waals surface area contributed by atoms with Crippen molar-refractivity contribution in [1.29, 1.82) is 0 Å². The van der Waals surface area contributed by atoms with E-state index >= 15 is 0 Å². The number of hydrogen-bond donors (Lipinski definition) is 1. The quantitative estimate of drug-likeness (QED) is 0.768. The summed E-state index contributed by atoms with van der Waals surface area (Å²) in [5.74, 6) is -0.686. The minimum absolute atomic E-state index is 0.254. The first kappa shape index (κ1) is 9.27. The maximum atomic E-state index is 10.9. The number of rotatable bonds is 1. The first-order chi connectivity index (χ1) is 6.53. The van der Waals surface area contributed by atoms with Gasteiger partial charge < -0.3 is 9.84 Å². The van der Waals surface area contributed by atoms with Crippen LogP contribution in [-0.2, 0) is 11.2 Å². The molecule has 1 aliphatic heterocycles. The Kier molecular flexibility index (Phi) is 1.89. The summed E-state index contributed by atoms with van der Waals surface area (Å²) < 4.78 is 5.24. The summed E-state index contributed by atoms with van der Waals surface area (Å²) in [4.78, 5) is 14.8. The van der Waals surface area contributed by atoms with Crippen molar-refractivity contribution in [2.24, 2.45) is 0 Å². The number of aromatic nitrogens is 1. The number of carbonyl (C=O) groups is 1. The van der Waals surface area contributed by atoms with Crippen LogP contribution in [0.15, 0.2) is 12.3 Å². The summed E-state index contributed by atoms with van der Waals surface area (Å²) in [6, 6.07) is 1.62. The molecule has 0 aromatic carbocycles. The van der Waals surface area contributed by atoms with E-state index in [9.17, 15) is 4.79 Å². The molecular formula is C9H8ClNO3. The Labute approximate surface area is 85.5 Å². The molecule has 4 nitrogen and oxygen atoms in total. The molecule has 1 atom stereocenters. The molecule has 1 aromatic heterocycles. The highest BCUT2D eigenvalue weighted by molar-refractivity contribution is 6.31. The Morgan fingerprint density at radius 3 is 3.07 bits per heavy atom. The van der Waals surface area contributed by atoms with Crippen molar-refractivity contribution in [3.63, 3.8) is 0 Å². The van der Waals surface area contributed by atoms with E-state index in [0.717, 1.165) is 0 Å². The van der Waals surface area contributed by atoms with Gasteiger partial charge in [0.05, 0.1) is 5.02 Å². The number of carboxylic acids is 1. The Morgan fingerprint density at radius 2 is 2.50 bits per heavy atom. The number of ether oxygens (including phenoxy) is 1. The molecule has 0 spiro atoms. The molecule has 0 amide bonds. The van der Waals surface area contributed by atoms with E-state index in [-0.39, 0.29) is 6.42 Å². The molecule has 0 bridgehead atoms. The van der Waals surface area contributed by atoms with Crippen molar-refractivity contribution in [3.05, 3.63) is 22.8 Å². The number of nitrogens with zero attached hydrogens (tertiary/aromatic N) is 1. The average molecular weight is 214 g/mol. The zero-order chi connectivity index (χ0) is 10.3. The van der Waals surface area contributed by atoms with Gasteiger partial charge >= 0.3 is 5.97 Å². The summed E-state index contributed by atoms with van der Waals surface area (Å²) in [6.45, 7) is 1.51. The number of pyridine rings is 1. The zero-order valence-corrected chi connectivity index (χ0v) is 8.21. The predicted octanol–water partition coefficient (Wildman–Crippen LogP) is 1.51. The van der Waals surface area contributed by atoms with Crippen molar-refractivity contribution in [3.8, 4) is 5.88 Å². The minimum atomic E-state index is -1.24. The van der Waals surface area contributed by atoms with Gasteiger partial charge in [0, 0.05) is 18.2 Å². The third-order valence-electron chi connectivity index (χ3n) is 2.25. The number of hydrogen-bond acceptors (Lipinski definition) is 3. The van der Waals surface area contributed by atoms with Crippen LogP contribution in [0, 0.1) is 0 Å². The smallest absolute Gasteiger partial charge is 0.348 e. The van der Waals surface area contributed by atoms with Crippen molar-refractivity contribution in [1.82, 2.24) is 4.98 Å². The van der Waals surface area contributed by atoms with E-state index in [0.29, 0.717) is 16.5 Å². The van der Waals surface area contributed by atoms with Gasteiger partial charge in [-0.2, -0.15) is 0 Å². The summed E-state index contributed by atoms with van der Waals surface area (Å²) in [5, 5.41) is 9.44. The monoisotopic (exact) mass is 213 g/mol. The predicted molar refractivity (Wildman–Crippen MR) is 49.6 cm³/mol. The third-order valence-corrected chi connectivity index (χ3v) is 2.60. The van der Waals surface area contributed by atoms with Gasteiger partial charge in [0.2, 0.25) is 11.5 Å². The standard InChI is InChI=1S/C9H8ClNO3/c1-9(8(12)13)4-5-6(10)2-3-11-7(5)14-9/h2-3H,4H2,1H3,(H,12,13). The number of fused-ring (bicyclic) bond motifs is 1. The van der Waals surface area contributed by atoms with Gasteiger partial charge in [-0.3, -0.25) is 0 Å². The number of carboxylic acid groups (broad SMARTS) is 1. The first-order valence-corrected chi connectivity index (χ1v) is 4.46. The summed E-state index contributed by atoms with van der Waals surface area (Å²) in [7, 11) is 0. The van der Waals surface area contributed by atoms with Crippen molar-refractivity contribution in [2.45, 2.75) is 18.9 Å². The summed E-state index contributed by atoms with van der Waals surface area (Å²) in [5.41, 5.74) is -0.570. The van der Waals surface area contributed by atoms with Crippen LogP contribution in [0.2, 0.25) is 5.02 Å². The summed E-state index contributed by atoms with van der Waals surface area (Å²) in [6.07, 6.45) is 1.75. The minimum Gasteiger partial charge on any atom is -0.478 e. The molecular weight excluding hydrogens is 206 g/mol. The van der Waals surface area contributed by atoms with Gasteiger partial charge in [0.1, 0.15) is 0 Å². The fraction of sp³-hybridized carbons (Fsp3) is 0.333. The number of aliphatic carboxylic acids is 1. The lowest BCUT2D eigenvalue weighted by atomic mass is 10.0. The summed E-state index contributed by atoms with van der Waals surface area (Å²) >= 11 is 5.89. The first-order valence-electron chi connectivity index (χ1n) is 4.09. The Hall–Kier alpha value is -1.29. The zero-order valence-electron chi connectivity index (χ0n) is 7.45. The lowest BCUT2D eigenvalue weighted by Gasteiger charge is -2.16. The van der Waals surface area contributed by atoms with Crippen molar-refractivity contribution in [2.75, 3.05) is 0 Å². The largest absolute Gasteiger partial charge is 0.478 e. The average Bonchev–Trinajstić information content (AvgIpc) is 2.45. The maximum absolute atomic E-state index is 10.9. The molecule has 1 N–H and O–H groups in total. The van der Waals surface area contributed by atoms with E-state index < -0.39 is 11.6 Å². The normalized spacial score (nSPS) is 24.1. The number of halogens is 1. The van der Waals surface area contributed by atoms with Crippen LogP contribution in [-0.4, -0.2) is 21.7 Å². The molecule has 14 heavy (non-hydrogen) atoms. The van der Waals surface area contributed by atoms with Crippen LogP contribution in [0.25, 0.3) is 0 Å². The van der Waals surface area contributed by atoms with Crippen LogP contribution in [0.1, 0.15) is 12.5 Å². The highest BCUT2D eigenvalue weighted by atomic mass is 35.5. The Morgan fingerprint density at radius 1 is 1.79 bits per heavy atom. The molecule has 74 valence electrons. The van der Waals surface area contributed by atoms with E-state index in [1.165, 1.54) is 13.1 Å².